The molecule has 1 aromatic rings. The van der Waals surface area contributed by atoms with Crippen LogP contribution in [0.15, 0.2) is 23.0 Å². The SMILES string of the molecule is CCCN(CC(C)C)c1cc([N+](=O)[O-])c(O)c2c1CC1CC3[C@H](N(C)C)C(=O)C(C(N)=O)=C(O)[C@@]3(O)C(=O)C1=C2O.O=S(=O)(O)O. The average molecular weight is 671 g/mol. The number of likely N-dealkylation sites (N-methyl/N-ethyl adjacent to an activating group) is 1. The van der Waals surface area contributed by atoms with E-state index in [-0.39, 0.29) is 29.9 Å². The number of fused-ring (bicyclic) bond motifs is 3. The van der Waals surface area contributed by atoms with Crippen molar-refractivity contribution in [3.05, 3.63) is 44.2 Å². The first-order valence-corrected chi connectivity index (χ1v) is 15.6. The zero-order valence-corrected chi connectivity index (χ0v) is 26.6. The lowest BCUT2D eigenvalue weighted by Crippen LogP contribution is -2.65. The van der Waals surface area contributed by atoms with Gasteiger partial charge in [0.1, 0.15) is 17.1 Å². The number of amides is 1. The maximum absolute atomic E-state index is 14.0. The van der Waals surface area contributed by atoms with Gasteiger partial charge in [-0.05, 0) is 50.8 Å². The Hall–Kier alpha value is -4.10. The lowest BCUT2D eigenvalue weighted by Gasteiger charge is -2.50. The number of benzene rings is 1. The van der Waals surface area contributed by atoms with Crippen molar-refractivity contribution in [1.82, 2.24) is 4.90 Å². The number of primary amides is 1. The fourth-order valence-corrected chi connectivity index (χ4v) is 6.72. The lowest BCUT2D eigenvalue weighted by atomic mass is 9.57. The van der Waals surface area contributed by atoms with E-state index in [0.717, 1.165) is 0 Å². The summed E-state index contributed by atoms with van der Waals surface area (Å²) in [5, 5.41) is 57.1. The van der Waals surface area contributed by atoms with Gasteiger partial charge in [-0.15, -0.1) is 0 Å². The van der Waals surface area contributed by atoms with Crippen molar-refractivity contribution in [1.29, 1.82) is 0 Å². The third kappa shape index (κ3) is 6.43. The Morgan fingerprint density at radius 1 is 1.20 bits per heavy atom. The number of Topliss-reactive ketones (excluding diaryl/α,β-unsaturated/α-hetero) is 2. The number of rotatable bonds is 8. The van der Waals surface area contributed by atoms with Gasteiger partial charge in [-0.25, -0.2) is 0 Å². The summed E-state index contributed by atoms with van der Waals surface area (Å²) in [4.78, 5) is 53.9. The Kier molecular flexibility index (Phi) is 10.2. The molecule has 0 aromatic heterocycles. The highest BCUT2D eigenvalue weighted by Crippen LogP contribution is 2.55. The van der Waals surface area contributed by atoms with Gasteiger partial charge >= 0.3 is 16.1 Å². The number of nitrogens with zero attached hydrogens (tertiary/aromatic N) is 3. The van der Waals surface area contributed by atoms with Gasteiger partial charge in [0.15, 0.2) is 11.4 Å². The zero-order valence-electron chi connectivity index (χ0n) is 25.8. The molecule has 1 amide bonds. The van der Waals surface area contributed by atoms with E-state index in [1.807, 2.05) is 25.7 Å². The van der Waals surface area contributed by atoms with Crippen LogP contribution in [0.2, 0.25) is 0 Å². The van der Waals surface area contributed by atoms with Gasteiger partial charge in [-0.1, -0.05) is 20.8 Å². The van der Waals surface area contributed by atoms with Crippen LogP contribution in [-0.2, 0) is 31.2 Å². The number of aliphatic hydroxyl groups excluding tert-OH is 2. The second-order valence-corrected chi connectivity index (χ2v) is 13.0. The number of carbonyl (C=O) groups is 3. The number of ketones is 2. The number of nitrogens with two attached hydrogens (primary N) is 1. The van der Waals surface area contributed by atoms with Gasteiger partial charge in [0.25, 0.3) is 5.91 Å². The molecule has 0 saturated heterocycles. The quantitative estimate of drug-likeness (QED) is 0.0882. The monoisotopic (exact) mass is 670 g/mol. The molecule has 17 nitrogen and oxygen atoms in total. The van der Waals surface area contributed by atoms with E-state index in [4.69, 9.17) is 23.3 Å². The number of anilines is 1. The second-order valence-electron chi connectivity index (χ2n) is 12.1. The van der Waals surface area contributed by atoms with E-state index in [0.29, 0.717) is 30.8 Å². The predicted octanol–water partition coefficient (Wildman–Crippen LogP) is 1.09. The van der Waals surface area contributed by atoms with Gasteiger partial charge in [0.2, 0.25) is 11.5 Å². The Bertz CT molecular complexity index is 1640. The first-order chi connectivity index (χ1) is 21.1. The molecule has 0 heterocycles. The molecule has 1 saturated carbocycles. The van der Waals surface area contributed by atoms with Crippen LogP contribution in [0, 0.1) is 27.9 Å². The molecule has 0 spiro atoms. The molecular weight excluding hydrogens is 632 g/mol. The molecule has 0 bridgehead atoms. The van der Waals surface area contributed by atoms with E-state index in [9.17, 15) is 44.9 Å². The van der Waals surface area contributed by atoms with Gasteiger partial charge < -0.3 is 31.1 Å². The minimum absolute atomic E-state index is 0.0493. The van der Waals surface area contributed by atoms with Crippen molar-refractivity contribution in [3.63, 3.8) is 0 Å². The van der Waals surface area contributed by atoms with Crippen molar-refractivity contribution in [2.75, 3.05) is 32.1 Å². The number of hydrogen-bond acceptors (Lipinski definition) is 13. The van der Waals surface area contributed by atoms with Crippen LogP contribution in [0.5, 0.6) is 5.75 Å². The first kappa shape index (κ1) is 36.4. The minimum atomic E-state index is -4.67. The van der Waals surface area contributed by atoms with Crippen LogP contribution in [0.3, 0.4) is 0 Å². The zero-order chi connectivity index (χ0) is 35.2. The maximum Gasteiger partial charge on any atom is 0.394 e. The van der Waals surface area contributed by atoms with E-state index in [2.05, 4.69) is 0 Å². The summed E-state index contributed by atoms with van der Waals surface area (Å²) in [6.07, 6.45) is 0.690. The summed E-state index contributed by atoms with van der Waals surface area (Å²) < 4.78 is 31.6. The van der Waals surface area contributed by atoms with Crippen LogP contribution >= 0.6 is 0 Å². The molecule has 4 rings (SSSR count). The van der Waals surface area contributed by atoms with Crippen molar-refractivity contribution in [3.8, 4) is 5.75 Å². The van der Waals surface area contributed by atoms with Gasteiger partial charge in [-0.2, -0.15) is 8.42 Å². The Balaban J connectivity index is 0.00000107. The van der Waals surface area contributed by atoms with Gasteiger partial charge in [0, 0.05) is 36.3 Å². The van der Waals surface area contributed by atoms with E-state index in [1.165, 1.54) is 25.1 Å². The second kappa shape index (κ2) is 13.0. The molecule has 4 atom stereocenters. The molecule has 3 aliphatic carbocycles. The molecule has 3 aliphatic rings. The average Bonchev–Trinajstić information content (AvgIpc) is 2.89. The highest BCUT2D eigenvalue weighted by Gasteiger charge is 2.64. The fourth-order valence-electron chi connectivity index (χ4n) is 6.72. The van der Waals surface area contributed by atoms with Crippen LogP contribution < -0.4 is 10.6 Å². The number of phenolic OH excluding ortho intramolecular Hbond substituents is 1. The molecule has 1 fully saturated rings. The number of nitro groups is 1. The molecule has 8 N–H and O–H groups in total. The summed E-state index contributed by atoms with van der Waals surface area (Å²) in [5.74, 6) is -7.93. The Morgan fingerprint density at radius 2 is 1.76 bits per heavy atom. The smallest absolute Gasteiger partial charge is 0.394 e. The lowest BCUT2D eigenvalue weighted by molar-refractivity contribution is -0.385. The summed E-state index contributed by atoms with van der Waals surface area (Å²) in [6, 6.07) is 0.0704. The largest absolute Gasteiger partial charge is 0.508 e. The highest BCUT2D eigenvalue weighted by atomic mass is 32.3. The molecule has 254 valence electrons. The summed E-state index contributed by atoms with van der Waals surface area (Å²) >= 11 is 0. The Morgan fingerprint density at radius 3 is 2.22 bits per heavy atom. The van der Waals surface area contributed by atoms with Crippen LogP contribution in [0.4, 0.5) is 11.4 Å². The molecule has 18 heteroatoms. The van der Waals surface area contributed by atoms with E-state index >= 15 is 0 Å². The van der Waals surface area contributed by atoms with Crippen LogP contribution in [-0.4, -0.2) is 104 Å². The molecule has 46 heavy (non-hydrogen) atoms. The molecule has 2 unspecified atom stereocenters. The molecular formula is C28H38N4O13S. The third-order valence-electron chi connectivity index (χ3n) is 8.29. The number of nitro benzene ring substituents is 1. The van der Waals surface area contributed by atoms with Crippen molar-refractivity contribution < 1.29 is 57.3 Å². The number of aliphatic hydroxyl groups is 3. The van der Waals surface area contributed by atoms with Gasteiger partial charge in [0.05, 0.1) is 16.5 Å². The van der Waals surface area contributed by atoms with Crippen molar-refractivity contribution in [2.24, 2.45) is 23.5 Å². The van der Waals surface area contributed by atoms with Crippen LogP contribution in [0.25, 0.3) is 5.76 Å². The van der Waals surface area contributed by atoms with Crippen molar-refractivity contribution in [2.45, 2.75) is 51.7 Å². The number of hydrogen-bond donors (Lipinski definition) is 7. The molecule has 1 aromatic carbocycles. The normalized spacial score (nSPS) is 24.3. The Labute approximate surface area is 264 Å². The number of aromatic hydroxyl groups is 1. The van der Waals surface area contributed by atoms with Gasteiger partial charge in [-0.3, -0.25) is 38.5 Å². The fraction of sp³-hybridized carbons (Fsp3) is 0.536. The number of carbonyl (C=O) groups excluding carboxylic acids is 3. The standard InChI is InChI=1S/C28H36N4O9.H2O4S/c1-6-7-31(11-12(2)3)16-10-17(32(40)41)22(33)19-14(16)8-13-9-15-21(30(4)5)24(35)20(27(29)38)26(37)28(15,39)25(36)18(13)23(19)34;1-5(2,3)4/h10,12-13,15,21,33-34,37,39H,6-9,11H2,1-5H3,(H2,29,38);(H2,1,2,3,4)/t13?,15?,21-,28-;/m0./s1. The predicted molar refractivity (Wildman–Crippen MR) is 162 cm³/mol. The van der Waals surface area contributed by atoms with Crippen molar-refractivity contribution >= 4 is 45.0 Å². The summed E-state index contributed by atoms with van der Waals surface area (Å²) in [6.45, 7) is 6.98. The molecule has 0 aliphatic heterocycles. The van der Waals surface area contributed by atoms with Crippen LogP contribution in [0.1, 0.15) is 44.7 Å². The topological polar surface area (TPSA) is 282 Å². The highest BCUT2D eigenvalue weighted by molar-refractivity contribution is 7.79. The summed E-state index contributed by atoms with van der Waals surface area (Å²) in [7, 11) is -1.62. The molecule has 0 radical (unpaired) electrons. The van der Waals surface area contributed by atoms with E-state index < -0.39 is 84.8 Å². The summed E-state index contributed by atoms with van der Waals surface area (Å²) in [5.41, 5.74) is 1.17. The third-order valence-corrected chi connectivity index (χ3v) is 8.29. The van der Waals surface area contributed by atoms with E-state index in [1.54, 1.807) is 0 Å². The number of phenols is 1. The maximum atomic E-state index is 14.0. The minimum Gasteiger partial charge on any atom is -0.508 e. The first-order valence-electron chi connectivity index (χ1n) is 14.2.